The minimum Gasteiger partial charge on any atom is -0.370 e. The fourth-order valence-electron chi connectivity index (χ4n) is 2.64. The van der Waals surface area contributed by atoms with Gasteiger partial charge >= 0.3 is 0 Å². The molecule has 0 radical (unpaired) electrons. The van der Waals surface area contributed by atoms with Gasteiger partial charge in [-0.2, -0.15) is 0 Å². The van der Waals surface area contributed by atoms with Crippen molar-refractivity contribution >= 4 is 11.6 Å². The van der Waals surface area contributed by atoms with E-state index in [4.69, 9.17) is 0 Å². The van der Waals surface area contributed by atoms with Gasteiger partial charge in [0.05, 0.1) is 0 Å². The van der Waals surface area contributed by atoms with E-state index in [2.05, 4.69) is 40.6 Å². The maximum Gasteiger partial charge on any atom is 0.128 e. The highest BCUT2D eigenvalue weighted by Gasteiger charge is 2.15. The Hall–Kier alpha value is -1.29. The molecule has 20 heavy (non-hydrogen) atoms. The second-order valence-corrected chi connectivity index (χ2v) is 5.80. The van der Waals surface area contributed by atoms with Crippen molar-refractivity contribution in [2.24, 2.45) is 5.92 Å². The molecule has 0 atom stereocenters. The molecule has 0 saturated carbocycles. The van der Waals surface area contributed by atoms with E-state index in [-0.39, 0.29) is 0 Å². The Bertz CT molecular complexity index is 386. The summed E-state index contributed by atoms with van der Waals surface area (Å²) in [6.07, 6.45) is 5.05. The van der Waals surface area contributed by atoms with Crippen LogP contribution in [-0.2, 0) is 0 Å². The van der Waals surface area contributed by atoms with Crippen LogP contribution in [0.15, 0.2) is 18.2 Å². The van der Waals surface area contributed by atoms with Gasteiger partial charge in [-0.3, -0.25) is 0 Å². The summed E-state index contributed by atoms with van der Waals surface area (Å²) in [5.41, 5.74) is 0. The largest absolute Gasteiger partial charge is 0.370 e. The van der Waals surface area contributed by atoms with Gasteiger partial charge in [0.25, 0.3) is 0 Å². The first-order valence-electron chi connectivity index (χ1n) is 7.91. The van der Waals surface area contributed by atoms with Crippen LogP contribution in [0.1, 0.15) is 32.6 Å². The molecular formula is C16H28N4. The van der Waals surface area contributed by atoms with Crippen LogP contribution in [0.5, 0.6) is 0 Å². The summed E-state index contributed by atoms with van der Waals surface area (Å²) in [7, 11) is 2.22. The predicted molar refractivity (Wildman–Crippen MR) is 86.3 cm³/mol. The van der Waals surface area contributed by atoms with Crippen molar-refractivity contribution in [3.63, 3.8) is 0 Å². The molecule has 4 heteroatoms. The number of piperidine rings is 1. The van der Waals surface area contributed by atoms with Gasteiger partial charge in [-0.15, -0.1) is 0 Å². The number of hydrogen-bond donors (Lipinski definition) is 2. The van der Waals surface area contributed by atoms with Gasteiger partial charge in [0.1, 0.15) is 11.6 Å². The van der Waals surface area contributed by atoms with Gasteiger partial charge in [0.15, 0.2) is 0 Å². The number of aromatic nitrogens is 1. The predicted octanol–water partition coefficient (Wildman–Crippen LogP) is 3.05. The van der Waals surface area contributed by atoms with Crippen molar-refractivity contribution in [3.8, 4) is 0 Å². The monoisotopic (exact) mass is 276 g/mol. The van der Waals surface area contributed by atoms with Crippen LogP contribution in [0, 0.1) is 5.92 Å². The second-order valence-electron chi connectivity index (χ2n) is 5.80. The number of nitrogens with zero attached hydrogens (tertiary/aromatic N) is 2. The Kier molecular flexibility index (Phi) is 6.12. The fourth-order valence-corrected chi connectivity index (χ4v) is 2.64. The lowest BCUT2D eigenvalue weighted by molar-refractivity contribution is 0.215. The van der Waals surface area contributed by atoms with Crippen molar-refractivity contribution in [1.29, 1.82) is 0 Å². The summed E-state index contributed by atoms with van der Waals surface area (Å²) < 4.78 is 0. The molecule has 1 fully saturated rings. The third-order valence-corrected chi connectivity index (χ3v) is 4.00. The van der Waals surface area contributed by atoms with Gasteiger partial charge in [0, 0.05) is 13.1 Å². The van der Waals surface area contributed by atoms with Gasteiger partial charge in [-0.1, -0.05) is 13.0 Å². The molecule has 1 aliphatic rings. The van der Waals surface area contributed by atoms with Gasteiger partial charge in [-0.05, 0) is 63.9 Å². The smallest absolute Gasteiger partial charge is 0.128 e. The molecule has 0 aromatic carbocycles. The molecule has 2 rings (SSSR count). The maximum absolute atomic E-state index is 4.57. The molecule has 112 valence electrons. The number of rotatable bonds is 7. The Morgan fingerprint density at radius 3 is 2.45 bits per heavy atom. The SMILES string of the molecule is CCCNc1cccc(NCCC2CCN(C)CC2)n1. The molecule has 0 bridgehead atoms. The average Bonchev–Trinajstić information content (AvgIpc) is 2.48. The summed E-state index contributed by atoms with van der Waals surface area (Å²) in [4.78, 5) is 7.00. The van der Waals surface area contributed by atoms with E-state index in [0.717, 1.165) is 37.1 Å². The van der Waals surface area contributed by atoms with Gasteiger partial charge < -0.3 is 15.5 Å². The van der Waals surface area contributed by atoms with Gasteiger partial charge in [-0.25, -0.2) is 4.98 Å². The van der Waals surface area contributed by atoms with E-state index in [1.165, 1.54) is 32.4 Å². The molecule has 1 aromatic heterocycles. The van der Waals surface area contributed by atoms with Crippen molar-refractivity contribution in [2.45, 2.75) is 32.6 Å². The summed E-state index contributed by atoms with van der Waals surface area (Å²) in [5.74, 6) is 2.83. The van der Waals surface area contributed by atoms with Crippen molar-refractivity contribution in [2.75, 3.05) is 43.9 Å². The Morgan fingerprint density at radius 2 is 1.80 bits per heavy atom. The van der Waals surface area contributed by atoms with Crippen LogP contribution in [0.2, 0.25) is 0 Å². The van der Waals surface area contributed by atoms with E-state index in [9.17, 15) is 0 Å². The zero-order valence-corrected chi connectivity index (χ0v) is 12.9. The van der Waals surface area contributed by atoms with Crippen LogP contribution in [0.4, 0.5) is 11.6 Å². The molecule has 0 amide bonds. The van der Waals surface area contributed by atoms with Crippen LogP contribution in [0.3, 0.4) is 0 Å². The summed E-state index contributed by atoms with van der Waals surface area (Å²) >= 11 is 0. The molecule has 0 spiro atoms. The molecule has 0 aliphatic carbocycles. The topological polar surface area (TPSA) is 40.2 Å². The Labute approximate surface area is 123 Å². The first-order valence-corrected chi connectivity index (χ1v) is 7.91. The Balaban J connectivity index is 1.70. The zero-order valence-electron chi connectivity index (χ0n) is 12.9. The highest BCUT2D eigenvalue weighted by Crippen LogP contribution is 2.19. The fraction of sp³-hybridized carbons (Fsp3) is 0.688. The normalized spacial score (nSPS) is 17.1. The molecule has 1 aromatic rings. The van der Waals surface area contributed by atoms with Crippen LogP contribution in [-0.4, -0.2) is 43.1 Å². The maximum atomic E-state index is 4.57. The zero-order chi connectivity index (χ0) is 14.2. The number of hydrogen-bond acceptors (Lipinski definition) is 4. The van der Waals surface area contributed by atoms with E-state index in [1.54, 1.807) is 0 Å². The van der Waals surface area contributed by atoms with E-state index in [0.29, 0.717) is 0 Å². The number of pyridine rings is 1. The third-order valence-electron chi connectivity index (χ3n) is 4.00. The number of likely N-dealkylation sites (tertiary alicyclic amines) is 1. The summed E-state index contributed by atoms with van der Waals surface area (Å²) in [5, 5.41) is 6.78. The summed E-state index contributed by atoms with van der Waals surface area (Å²) in [6.45, 7) is 6.67. The molecular weight excluding hydrogens is 248 g/mol. The lowest BCUT2D eigenvalue weighted by atomic mass is 9.94. The highest BCUT2D eigenvalue weighted by atomic mass is 15.1. The minimum atomic E-state index is 0.875. The third kappa shape index (κ3) is 5.00. The molecule has 0 unspecified atom stereocenters. The lowest BCUT2D eigenvalue weighted by Gasteiger charge is -2.28. The first kappa shape index (κ1) is 15.1. The number of nitrogens with one attached hydrogen (secondary N) is 2. The molecule has 2 N–H and O–H groups in total. The quantitative estimate of drug-likeness (QED) is 0.803. The standard InChI is InChI=1S/C16H28N4/c1-3-10-17-15-5-4-6-16(19-15)18-11-7-14-8-12-20(2)13-9-14/h4-6,14H,3,7-13H2,1-2H3,(H2,17,18,19). The van der Waals surface area contributed by atoms with Crippen molar-refractivity contribution in [1.82, 2.24) is 9.88 Å². The highest BCUT2D eigenvalue weighted by molar-refractivity contribution is 5.44. The first-order chi connectivity index (χ1) is 9.78. The Morgan fingerprint density at radius 1 is 1.15 bits per heavy atom. The molecule has 4 nitrogen and oxygen atoms in total. The van der Waals surface area contributed by atoms with Crippen molar-refractivity contribution < 1.29 is 0 Å². The van der Waals surface area contributed by atoms with E-state index >= 15 is 0 Å². The van der Waals surface area contributed by atoms with E-state index in [1.807, 2.05) is 12.1 Å². The van der Waals surface area contributed by atoms with Crippen LogP contribution in [0.25, 0.3) is 0 Å². The summed E-state index contributed by atoms with van der Waals surface area (Å²) in [6, 6.07) is 6.13. The molecule has 1 saturated heterocycles. The molecule has 1 aliphatic heterocycles. The second kappa shape index (κ2) is 8.10. The van der Waals surface area contributed by atoms with Crippen LogP contribution < -0.4 is 10.6 Å². The van der Waals surface area contributed by atoms with Crippen LogP contribution >= 0.6 is 0 Å². The molecule has 2 heterocycles. The lowest BCUT2D eigenvalue weighted by Crippen LogP contribution is -2.30. The average molecular weight is 276 g/mol. The van der Waals surface area contributed by atoms with Gasteiger partial charge in [0.2, 0.25) is 0 Å². The minimum absolute atomic E-state index is 0.875. The number of anilines is 2. The van der Waals surface area contributed by atoms with Crippen molar-refractivity contribution in [3.05, 3.63) is 18.2 Å². The van der Waals surface area contributed by atoms with E-state index < -0.39 is 0 Å².